The number of rotatable bonds is 23. The molecule has 6 aliphatic rings. The Kier molecular flexibility index (Phi) is 23.2. The quantitative estimate of drug-likeness (QED) is 0.0296. The number of fused-ring (bicyclic) bond motifs is 3. The highest BCUT2D eigenvalue weighted by atomic mass is 35.5. The molecule has 3 aliphatic heterocycles. The van der Waals surface area contributed by atoms with Crippen LogP contribution in [0, 0.1) is 0 Å². The van der Waals surface area contributed by atoms with Gasteiger partial charge in [-0.05, 0) is 80.3 Å². The third-order valence-electron chi connectivity index (χ3n) is 17.2. The molecular weight excluding hydrogens is 1390 g/mol. The van der Waals surface area contributed by atoms with Crippen molar-refractivity contribution in [2.45, 2.75) is 200 Å². The molecule has 0 bridgehead atoms. The first-order valence-corrected chi connectivity index (χ1v) is 36.5. The molecule has 12 atom stereocenters. The van der Waals surface area contributed by atoms with Crippen molar-refractivity contribution in [2.75, 3.05) is 49.0 Å². The number of aliphatic hydroxyl groups is 5. The van der Waals surface area contributed by atoms with Gasteiger partial charge in [-0.15, -0.1) is 0 Å². The minimum atomic E-state index is -5.39. The van der Waals surface area contributed by atoms with Crippen LogP contribution in [0.25, 0.3) is 33.1 Å². The van der Waals surface area contributed by atoms with E-state index >= 15 is 0 Å². The van der Waals surface area contributed by atoms with E-state index in [9.17, 15) is 52.7 Å². The van der Waals surface area contributed by atoms with Crippen molar-refractivity contribution >= 4 is 108 Å². The molecule has 3 unspecified atom stereocenters. The van der Waals surface area contributed by atoms with Crippen LogP contribution in [-0.4, -0.2) is 218 Å². The molecule has 35 nitrogen and oxygen atoms in total. The molecule has 6 aromatic heterocycles. The SMILES string of the molecule is CC(CO)(OC[C@@H]1C[C@@H](O)[C@H](n2ncc3c(NC4CCCC4)nc(Cl)nc32)O1)P(=O)(O)O.CC(F)(OC[C@@H]1C[C@@H](O)[C@H](n2ncc3c(NC4CCCC4)nc(Cl)nc32)O1)P(=O)(O)O.O=P(O)(O)C(F)(CO)OC[C@@H]1C[C@@H](O)[C@H](n2ncc3c(NC4CCCC4)nc(Cl)nc32)O1. The fraction of sp³-hybridized carbons (Fsp3) is 0.712. The van der Waals surface area contributed by atoms with E-state index in [-0.39, 0.29) is 53.8 Å². The van der Waals surface area contributed by atoms with Crippen molar-refractivity contribution in [1.29, 1.82) is 0 Å². The third-order valence-corrected chi connectivity index (χ3v) is 21.6. The molecule has 43 heteroatoms. The van der Waals surface area contributed by atoms with E-state index in [1.54, 1.807) is 12.4 Å². The largest absolute Gasteiger partial charge is 0.393 e. The summed E-state index contributed by atoms with van der Waals surface area (Å²) < 4.78 is 98.3. The molecule has 0 radical (unpaired) electrons. The lowest BCUT2D eigenvalue weighted by Crippen LogP contribution is -2.36. The molecule has 12 rings (SSSR count). The Bertz CT molecular complexity index is 3630. The van der Waals surface area contributed by atoms with Crippen molar-refractivity contribution in [1.82, 2.24) is 59.2 Å². The van der Waals surface area contributed by atoms with Crippen LogP contribution >= 0.6 is 57.6 Å². The van der Waals surface area contributed by atoms with Crippen LogP contribution in [0.2, 0.25) is 15.9 Å². The summed E-state index contributed by atoms with van der Waals surface area (Å²) in [7, 11) is -15.2. The minimum absolute atomic E-state index is 0.0111. The number of aromatic nitrogens is 12. The van der Waals surface area contributed by atoms with Crippen molar-refractivity contribution in [3.05, 3.63) is 34.4 Å². The normalized spacial score (nSPS) is 26.8. The van der Waals surface area contributed by atoms with Gasteiger partial charge in [0, 0.05) is 44.3 Å². The van der Waals surface area contributed by atoms with Crippen molar-refractivity contribution < 1.29 is 106 Å². The molecule has 14 N–H and O–H groups in total. The summed E-state index contributed by atoms with van der Waals surface area (Å²) in [5.74, 6) is 1.65. The van der Waals surface area contributed by atoms with E-state index in [4.69, 9.17) is 83.2 Å². The predicted molar refractivity (Wildman–Crippen MR) is 332 cm³/mol. The van der Waals surface area contributed by atoms with Gasteiger partial charge in [-0.3, -0.25) is 13.7 Å². The first-order chi connectivity index (χ1) is 44.8. The summed E-state index contributed by atoms with van der Waals surface area (Å²) in [6, 6.07) is 0.859. The smallest absolute Gasteiger partial charge is 0.392 e. The maximum absolute atomic E-state index is 14.2. The second-order valence-corrected chi connectivity index (χ2v) is 31.0. The number of anilines is 3. The van der Waals surface area contributed by atoms with Crippen LogP contribution < -0.4 is 16.0 Å². The van der Waals surface area contributed by atoms with Gasteiger partial charge in [0.05, 0.1) is 79.5 Å². The number of halogens is 5. The Balaban J connectivity index is 0.000000155. The lowest BCUT2D eigenvalue weighted by Gasteiger charge is -2.29. The molecular formula is C52H75Cl3F2N15O20P3. The average Bonchev–Trinajstić information content (AvgIpc) is 1.64. The molecule has 3 aliphatic carbocycles. The summed E-state index contributed by atoms with van der Waals surface area (Å²) in [5.41, 5.74) is -5.64. The number of hydrogen-bond donors (Lipinski definition) is 14. The molecule has 6 fully saturated rings. The van der Waals surface area contributed by atoms with Crippen LogP contribution in [0.1, 0.15) is 129 Å². The summed E-state index contributed by atoms with van der Waals surface area (Å²) in [5, 5.41) is 72.7. The van der Waals surface area contributed by atoms with E-state index < -0.39 is 121 Å². The number of alkyl halides is 2. The zero-order valence-electron chi connectivity index (χ0n) is 51.0. The predicted octanol–water partition coefficient (Wildman–Crippen LogP) is 5.00. The van der Waals surface area contributed by atoms with Gasteiger partial charge >= 0.3 is 34.0 Å². The van der Waals surface area contributed by atoms with E-state index in [1.807, 2.05) is 0 Å². The molecule has 0 amide bonds. The van der Waals surface area contributed by atoms with Gasteiger partial charge in [0.15, 0.2) is 41.0 Å². The highest BCUT2D eigenvalue weighted by molar-refractivity contribution is 7.53. The lowest BCUT2D eigenvalue weighted by atomic mass is 10.2. The van der Waals surface area contributed by atoms with Gasteiger partial charge in [0.25, 0.3) is 0 Å². The molecule has 0 aromatic carbocycles. The second kappa shape index (κ2) is 29.9. The molecule has 0 spiro atoms. The number of aliphatic hydroxyl groups excluding tert-OH is 5. The number of hydrogen-bond acceptors (Lipinski definition) is 26. The summed E-state index contributed by atoms with van der Waals surface area (Å²) in [4.78, 5) is 80.5. The lowest BCUT2D eigenvalue weighted by molar-refractivity contribution is -0.151. The minimum Gasteiger partial charge on any atom is -0.393 e. The highest BCUT2D eigenvalue weighted by Gasteiger charge is 2.51. The van der Waals surface area contributed by atoms with Crippen LogP contribution in [0.5, 0.6) is 0 Å². The Labute approximate surface area is 554 Å². The summed E-state index contributed by atoms with van der Waals surface area (Å²) in [6.45, 7) is -1.95. The first-order valence-electron chi connectivity index (χ1n) is 30.5. The van der Waals surface area contributed by atoms with Gasteiger partial charge in [-0.25, -0.2) is 14.0 Å². The Hall–Kier alpha value is -4.21. The molecule has 95 heavy (non-hydrogen) atoms. The number of nitrogens with one attached hydrogen (secondary N) is 3. The second-order valence-electron chi connectivity index (χ2n) is 24.4. The van der Waals surface area contributed by atoms with Crippen molar-refractivity contribution in [2.24, 2.45) is 0 Å². The zero-order valence-corrected chi connectivity index (χ0v) is 55.9. The first kappa shape index (κ1) is 73.5. The maximum Gasteiger partial charge on any atom is 0.392 e. The van der Waals surface area contributed by atoms with Crippen molar-refractivity contribution in [3.63, 3.8) is 0 Å². The Morgan fingerprint density at radius 3 is 1.11 bits per heavy atom. The zero-order chi connectivity index (χ0) is 68.6. The molecule has 6 aromatic rings. The van der Waals surface area contributed by atoms with Crippen LogP contribution in [-0.2, 0) is 42.1 Å². The maximum atomic E-state index is 14.2. The monoisotopic (exact) mass is 1470 g/mol. The molecule has 3 saturated heterocycles. The van der Waals surface area contributed by atoms with Gasteiger partial charge in [-0.1, -0.05) is 38.5 Å². The van der Waals surface area contributed by atoms with Gasteiger partial charge in [0.1, 0.15) is 42.4 Å². The molecule has 528 valence electrons. The fourth-order valence-electron chi connectivity index (χ4n) is 11.8. The van der Waals surface area contributed by atoms with E-state index in [1.165, 1.54) is 20.2 Å². The van der Waals surface area contributed by atoms with E-state index in [2.05, 4.69) is 65.9 Å². The van der Waals surface area contributed by atoms with Gasteiger partial charge in [0.2, 0.25) is 15.9 Å². The van der Waals surface area contributed by atoms with E-state index in [0.29, 0.717) is 63.5 Å². The topological polar surface area (TPSA) is 496 Å². The highest BCUT2D eigenvalue weighted by Crippen LogP contribution is 2.54. The van der Waals surface area contributed by atoms with Crippen LogP contribution in [0.15, 0.2) is 18.6 Å². The Morgan fingerprint density at radius 2 is 0.821 bits per heavy atom. The average molecular weight is 1470 g/mol. The summed E-state index contributed by atoms with van der Waals surface area (Å²) >= 11 is 18.4. The fourth-order valence-corrected chi connectivity index (χ4v) is 13.4. The van der Waals surface area contributed by atoms with Crippen LogP contribution in [0.3, 0.4) is 0 Å². The number of ether oxygens (including phenoxy) is 6. The van der Waals surface area contributed by atoms with Crippen molar-refractivity contribution in [3.8, 4) is 0 Å². The van der Waals surface area contributed by atoms with Gasteiger partial charge < -0.3 is 99.3 Å². The van der Waals surface area contributed by atoms with Crippen LogP contribution in [0.4, 0.5) is 26.2 Å². The standard InChI is InChI=1S/C18H27ClN5O7P.C17H24ClFN5O7P.C17H24ClFN5O6P/c1-18(9-25,32(27,28)29)30-8-11-6-13(26)16(31-11)24-15-12(7-20-24)14(22-17(19)23-15)21-10-4-2-3-5-10;18-16-22-13(21-9-3-1-2-4-9)11-6-20-24(14(11)23-16)15-12(26)5-10(31-15)7-30-17(19,8-25)32(27,28)29;1-17(19,31(26,27)28)29-8-10-6-12(25)15(30-10)24-14-11(7-20-24)13(22-16(18)23-14)21-9-4-2-3-5-9/h7,10-11,13,16,25-26H,2-6,8-9H2,1H3,(H,21,22,23)(H2,27,28,29);6,9-10,12,15,25-26H,1-5,7-8H2,(H,21,22,23)(H2,27,28,29);7,9-10,12,15,25H,2-6,8H2,1H3,(H,21,22,23)(H2,26,27,28)/t11-,13+,16+,18?;2*10-,12+,15+,17?/m000/s1. The molecule has 9 heterocycles. The van der Waals surface area contributed by atoms with Gasteiger partial charge in [-0.2, -0.15) is 54.0 Å². The third kappa shape index (κ3) is 16.8. The Morgan fingerprint density at radius 1 is 0.505 bits per heavy atom. The summed E-state index contributed by atoms with van der Waals surface area (Å²) in [6.07, 6.45) is 9.47. The molecule has 3 saturated carbocycles. The van der Waals surface area contributed by atoms with E-state index in [0.717, 1.165) is 84.0 Å². The number of nitrogens with zero attached hydrogens (tertiary/aromatic N) is 12.